The monoisotopic (exact) mass is 357 g/mol. The summed E-state index contributed by atoms with van der Waals surface area (Å²) in [5.41, 5.74) is 0.944. The van der Waals surface area contributed by atoms with E-state index < -0.39 is 0 Å². The van der Waals surface area contributed by atoms with Gasteiger partial charge in [-0.2, -0.15) is 0 Å². The third kappa shape index (κ3) is 5.63. The Morgan fingerprint density at radius 2 is 1.84 bits per heavy atom. The van der Waals surface area contributed by atoms with Gasteiger partial charge >= 0.3 is 5.97 Å². The molecule has 0 aliphatic heterocycles. The Labute approximate surface area is 153 Å². The maximum Gasteiger partial charge on any atom is 0.323 e. The van der Waals surface area contributed by atoms with Crippen molar-refractivity contribution in [2.45, 2.75) is 26.4 Å². The summed E-state index contributed by atoms with van der Waals surface area (Å²) >= 11 is 1.62. The van der Waals surface area contributed by atoms with Gasteiger partial charge in [-0.25, -0.2) is 0 Å². The van der Waals surface area contributed by atoms with Gasteiger partial charge in [-0.05, 0) is 42.3 Å². The molecule has 1 aromatic carbocycles. The molecule has 4 nitrogen and oxygen atoms in total. The second kappa shape index (κ2) is 9.26. The normalized spacial score (nSPS) is 11.6. The van der Waals surface area contributed by atoms with Crippen molar-refractivity contribution in [1.82, 2.24) is 5.32 Å². The van der Waals surface area contributed by atoms with Crippen molar-refractivity contribution in [1.29, 1.82) is 0 Å². The number of benzene rings is 1. The van der Waals surface area contributed by atoms with Crippen LogP contribution in [0.15, 0.2) is 36.4 Å². The van der Waals surface area contributed by atoms with Crippen molar-refractivity contribution in [2.24, 2.45) is 5.92 Å². The maximum atomic E-state index is 11.8. The Balaban J connectivity index is 1.98. The van der Waals surface area contributed by atoms with Crippen LogP contribution in [-0.2, 0) is 16.1 Å². The first kappa shape index (κ1) is 19.0. The Hall–Kier alpha value is -2.29. The minimum absolute atomic E-state index is 0.168. The molecule has 1 heterocycles. The molecule has 0 saturated carbocycles. The lowest BCUT2D eigenvalue weighted by Gasteiger charge is -2.19. The van der Waals surface area contributed by atoms with E-state index >= 15 is 0 Å². The van der Waals surface area contributed by atoms with E-state index in [-0.39, 0.29) is 17.9 Å². The molecule has 0 radical (unpaired) electrons. The van der Waals surface area contributed by atoms with Gasteiger partial charge in [0.1, 0.15) is 11.8 Å². The lowest BCUT2D eigenvalue weighted by Crippen LogP contribution is -2.41. The molecular weight excluding hydrogens is 334 g/mol. The summed E-state index contributed by atoms with van der Waals surface area (Å²) in [6, 6.07) is 11.4. The first-order valence-electron chi connectivity index (χ1n) is 8.09. The maximum absolute atomic E-state index is 11.8. The van der Waals surface area contributed by atoms with Crippen LogP contribution in [0.1, 0.15) is 29.2 Å². The number of carbonyl (C=O) groups excluding carboxylic acids is 1. The summed E-state index contributed by atoms with van der Waals surface area (Å²) < 4.78 is 9.98. The predicted molar refractivity (Wildman–Crippen MR) is 101 cm³/mol. The van der Waals surface area contributed by atoms with E-state index in [9.17, 15) is 4.79 Å². The van der Waals surface area contributed by atoms with Crippen molar-refractivity contribution in [3.8, 4) is 17.6 Å². The molecule has 0 unspecified atom stereocenters. The number of ether oxygens (including phenoxy) is 2. The summed E-state index contributed by atoms with van der Waals surface area (Å²) in [5.74, 6) is 7.08. The third-order valence-electron chi connectivity index (χ3n) is 3.70. The molecular formula is C20H23NO3S. The van der Waals surface area contributed by atoms with Crippen LogP contribution in [0.3, 0.4) is 0 Å². The van der Waals surface area contributed by atoms with Gasteiger partial charge < -0.3 is 9.47 Å². The fraction of sp³-hybridized carbons (Fsp3) is 0.350. The Morgan fingerprint density at radius 1 is 1.12 bits per heavy atom. The van der Waals surface area contributed by atoms with Crippen molar-refractivity contribution in [3.63, 3.8) is 0 Å². The van der Waals surface area contributed by atoms with Crippen molar-refractivity contribution >= 4 is 17.3 Å². The number of hydrogen-bond donors (Lipinski definition) is 1. The van der Waals surface area contributed by atoms with Crippen LogP contribution in [0.2, 0.25) is 0 Å². The van der Waals surface area contributed by atoms with Crippen molar-refractivity contribution < 1.29 is 14.3 Å². The zero-order chi connectivity index (χ0) is 18.2. The molecule has 0 aliphatic carbocycles. The number of carbonyl (C=O) groups is 1. The average molecular weight is 357 g/mol. The van der Waals surface area contributed by atoms with E-state index in [0.29, 0.717) is 6.54 Å². The molecule has 2 rings (SSSR count). The highest BCUT2D eigenvalue weighted by Crippen LogP contribution is 2.17. The largest absolute Gasteiger partial charge is 0.497 e. The van der Waals surface area contributed by atoms with E-state index in [2.05, 4.69) is 17.2 Å². The summed E-state index contributed by atoms with van der Waals surface area (Å²) in [6.07, 6.45) is 0. The fourth-order valence-electron chi connectivity index (χ4n) is 2.28. The summed E-state index contributed by atoms with van der Waals surface area (Å²) in [4.78, 5) is 13.9. The van der Waals surface area contributed by atoms with Crippen LogP contribution < -0.4 is 10.1 Å². The lowest BCUT2D eigenvalue weighted by molar-refractivity contribution is -0.144. The number of thiophene rings is 1. The summed E-state index contributed by atoms with van der Waals surface area (Å²) in [5, 5.41) is 3.26. The Kier molecular flexibility index (Phi) is 7.05. The van der Waals surface area contributed by atoms with E-state index in [1.807, 2.05) is 50.2 Å². The molecule has 0 spiro atoms. The van der Waals surface area contributed by atoms with E-state index in [0.717, 1.165) is 21.1 Å². The summed E-state index contributed by atoms with van der Waals surface area (Å²) in [7, 11) is 3.06. The number of esters is 1. The van der Waals surface area contributed by atoms with Gasteiger partial charge in [0.2, 0.25) is 0 Å². The van der Waals surface area contributed by atoms with E-state index in [1.165, 1.54) is 7.11 Å². The molecule has 0 amide bonds. The molecule has 0 fully saturated rings. The van der Waals surface area contributed by atoms with Gasteiger partial charge in [0.25, 0.3) is 0 Å². The number of methoxy groups -OCH3 is 2. The van der Waals surface area contributed by atoms with Crippen LogP contribution in [0, 0.1) is 17.8 Å². The first-order valence-corrected chi connectivity index (χ1v) is 8.91. The summed E-state index contributed by atoms with van der Waals surface area (Å²) in [6.45, 7) is 4.61. The van der Waals surface area contributed by atoms with Crippen molar-refractivity contribution in [3.05, 3.63) is 51.7 Å². The Morgan fingerprint density at radius 3 is 2.44 bits per heavy atom. The first-order chi connectivity index (χ1) is 12.0. The Bertz CT molecular complexity index is 753. The quantitative estimate of drug-likeness (QED) is 0.635. The third-order valence-corrected chi connectivity index (χ3v) is 4.70. The van der Waals surface area contributed by atoms with E-state index in [1.54, 1.807) is 18.4 Å². The predicted octanol–water partition coefficient (Wildman–Crippen LogP) is 3.44. The SMILES string of the molecule is COC(=O)[C@H](NCc1ccc(C#Cc2ccc(OC)cc2)s1)C(C)C. The van der Waals surface area contributed by atoms with Crippen LogP contribution in [0.5, 0.6) is 5.75 Å². The van der Waals surface area contributed by atoms with Crippen LogP contribution in [-0.4, -0.2) is 26.2 Å². The molecule has 5 heteroatoms. The average Bonchev–Trinajstić information content (AvgIpc) is 3.08. The molecule has 25 heavy (non-hydrogen) atoms. The van der Waals surface area contributed by atoms with Crippen LogP contribution in [0.4, 0.5) is 0 Å². The highest BCUT2D eigenvalue weighted by Gasteiger charge is 2.22. The molecule has 0 aliphatic rings. The highest BCUT2D eigenvalue weighted by molar-refractivity contribution is 7.12. The van der Waals surface area contributed by atoms with Gasteiger partial charge in [0, 0.05) is 17.0 Å². The second-order valence-electron chi connectivity index (χ2n) is 5.87. The van der Waals surface area contributed by atoms with Crippen molar-refractivity contribution in [2.75, 3.05) is 14.2 Å². The number of rotatable bonds is 6. The zero-order valence-corrected chi connectivity index (χ0v) is 15.8. The molecule has 1 N–H and O–H groups in total. The molecule has 0 saturated heterocycles. The minimum Gasteiger partial charge on any atom is -0.497 e. The standard InChI is InChI=1S/C20H23NO3S/c1-14(2)19(20(22)24-4)21-13-18-12-11-17(25-18)10-7-15-5-8-16(23-3)9-6-15/h5-6,8-9,11-12,14,19,21H,13H2,1-4H3/t19-/m1/s1. The van der Waals surface area contributed by atoms with Gasteiger partial charge in [0.05, 0.1) is 19.1 Å². The van der Waals surface area contributed by atoms with Crippen LogP contribution in [0.25, 0.3) is 0 Å². The van der Waals surface area contributed by atoms with Crippen LogP contribution >= 0.6 is 11.3 Å². The van der Waals surface area contributed by atoms with Gasteiger partial charge in [-0.15, -0.1) is 11.3 Å². The van der Waals surface area contributed by atoms with Gasteiger partial charge in [0.15, 0.2) is 0 Å². The van der Waals surface area contributed by atoms with E-state index in [4.69, 9.17) is 9.47 Å². The molecule has 1 aromatic heterocycles. The number of nitrogens with one attached hydrogen (secondary N) is 1. The van der Waals surface area contributed by atoms with Gasteiger partial charge in [-0.3, -0.25) is 10.1 Å². The second-order valence-corrected chi connectivity index (χ2v) is 7.04. The van der Waals surface area contributed by atoms with Gasteiger partial charge in [-0.1, -0.05) is 25.7 Å². The lowest BCUT2D eigenvalue weighted by atomic mass is 10.0. The number of hydrogen-bond acceptors (Lipinski definition) is 5. The molecule has 132 valence electrons. The molecule has 0 bridgehead atoms. The smallest absolute Gasteiger partial charge is 0.323 e. The molecule has 1 atom stereocenters. The molecule has 2 aromatic rings. The fourth-order valence-corrected chi connectivity index (χ4v) is 3.09. The topological polar surface area (TPSA) is 47.6 Å². The minimum atomic E-state index is -0.305. The zero-order valence-electron chi connectivity index (χ0n) is 15.0. The highest BCUT2D eigenvalue weighted by atomic mass is 32.1.